The highest BCUT2D eigenvalue weighted by atomic mass is 16.4. The van der Waals surface area contributed by atoms with Crippen molar-refractivity contribution < 1.29 is 14.3 Å². The third-order valence-electron chi connectivity index (χ3n) is 11.0. The van der Waals surface area contributed by atoms with Gasteiger partial charge in [-0.3, -0.25) is 9.59 Å². The molecule has 0 aromatic heterocycles. The molecular formula is C67H111NO3. The van der Waals surface area contributed by atoms with E-state index in [-0.39, 0.29) is 38.6 Å². The van der Waals surface area contributed by atoms with Crippen LogP contribution in [0.5, 0.6) is 0 Å². The molecule has 0 aliphatic heterocycles. The first-order valence-corrected chi connectivity index (χ1v) is 25.0. The molecule has 71 heavy (non-hydrogen) atoms. The smallest absolute Gasteiger partial charge is 0.134 e. The number of aryl methyl sites for hydroxylation is 2. The standard InChI is InChI=1S/C21H32.C17H25NO.C17H26O.C2H6O.C2H6.4C2H4/c1-15(2)14-21(8,9)19-16(3)11-10-12-18(19)13-17(4)20(5,6)7;1-13(19)11-15-9-7-8-10-16(15)12-18(6)14(2)17(3,4)5;1-12-9-8-10-14(16(3,4)5)15(12)17(6,7)11-13(2)18;1-3-2;5*1-2/h10-12H,1,4,13-14H2,2-3,5-9H3;7-10H,2,11-12H2,1,3-6H3;8-10H,11H2,1-7H3;1-2H3;1-2H3;4*1-2H2. The first-order chi connectivity index (χ1) is 32.6. The van der Waals surface area contributed by atoms with Gasteiger partial charge < -0.3 is 9.64 Å². The zero-order valence-corrected chi connectivity index (χ0v) is 50.8. The number of rotatable bonds is 13. The number of hydrogen-bond donors (Lipinski definition) is 0. The van der Waals surface area contributed by atoms with Crippen molar-refractivity contribution in [1.82, 2.24) is 4.90 Å². The van der Waals surface area contributed by atoms with Crippen molar-refractivity contribution in [2.45, 2.75) is 187 Å². The molecule has 0 radical (unpaired) electrons. The highest BCUT2D eigenvalue weighted by molar-refractivity contribution is 5.78. The maximum absolute atomic E-state index is 11.5. The molecule has 0 bridgehead atoms. The molecule has 0 saturated heterocycles. The minimum atomic E-state index is -0.0974. The summed E-state index contributed by atoms with van der Waals surface area (Å²) >= 11 is 0. The van der Waals surface area contributed by atoms with Crippen LogP contribution in [0.2, 0.25) is 0 Å². The Morgan fingerprint density at radius 3 is 1.27 bits per heavy atom. The van der Waals surface area contributed by atoms with Crippen LogP contribution in [0.1, 0.15) is 182 Å². The van der Waals surface area contributed by atoms with Gasteiger partial charge in [0, 0.05) is 51.8 Å². The Bertz CT molecular complexity index is 1980. The van der Waals surface area contributed by atoms with Crippen LogP contribution in [0.4, 0.5) is 0 Å². The van der Waals surface area contributed by atoms with Crippen molar-refractivity contribution in [2.24, 2.45) is 10.8 Å². The predicted molar refractivity (Wildman–Crippen MR) is 324 cm³/mol. The summed E-state index contributed by atoms with van der Waals surface area (Å²) in [5.74, 6) is 0.452. The number of carbonyl (C=O) groups excluding carboxylic acids is 2. The molecular weight excluding hydrogens is 867 g/mol. The first-order valence-electron chi connectivity index (χ1n) is 25.0. The average Bonchev–Trinajstić information content (AvgIpc) is 3.26. The molecule has 0 fully saturated rings. The third-order valence-corrected chi connectivity index (χ3v) is 11.0. The number of benzene rings is 3. The summed E-state index contributed by atoms with van der Waals surface area (Å²) in [5, 5.41) is 0. The molecule has 0 heterocycles. The molecule has 4 heteroatoms. The minimum absolute atomic E-state index is 0.0598. The van der Waals surface area contributed by atoms with Crippen LogP contribution >= 0.6 is 0 Å². The van der Waals surface area contributed by atoms with E-state index in [4.69, 9.17) is 0 Å². The third kappa shape index (κ3) is 31.8. The Kier molecular flexibility index (Phi) is 42.1. The molecule has 402 valence electrons. The van der Waals surface area contributed by atoms with E-state index in [1.807, 2.05) is 32.0 Å². The fraction of sp³-hybridized carbons (Fsp3) is 0.493. The molecule has 4 nitrogen and oxygen atoms in total. The first kappa shape index (κ1) is 77.4. The second-order valence-corrected chi connectivity index (χ2v) is 21.8. The molecule has 0 saturated carbocycles. The van der Waals surface area contributed by atoms with E-state index in [1.165, 1.54) is 50.1 Å². The number of hydrogen-bond acceptors (Lipinski definition) is 4. The minimum Gasteiger partial charge on any atom is -0.388 e. The van der Waals surface area contributed by atoms with Crippen LogP contribution in [-0.2, 0) is 50.0 Å². The van der Waals surface area contributed by atoms with Gasteiger partial charge >= 0.3 is 0 Å². The maximum Gasteiger partial charge on any atom is 0.134 e. The number of methoxy groups -OCH3 is 1. The molecule has 0 unspecified atom stereocenters. The van der Waals surface area contributed by atoms with Gasteiger partial charge in [-0.25, -0.2) is 0 Å². The number of Topliss-reactive ketones (excluding diaryl/α,β-unsaturated/α-hetero) is 2. The summed E-state index contributed by atoms with van der Waals surface area (Å²) in [4.78, 5) is 25.0. The molecule has 0 amide bonds. The van der Waals surface area contributed by atoms with E-state index >= 15 is 0 Å². The SMILES string of the molecule is C=C.C=C.C=C.C=C.C=C(C)CC(C)(C)c1c(C)cccc1CC(=C)C(C)(C)C.C=C(N(C)Cc1ccccc1CC(C)=O)C(C)(C)C.CC.CC(=O)CC(C)(C)c1c(C)cccc1C(C)(C)C.COC. The highest BCUT2D eigenvalue weighted by Crippen LogP contribution is 2.39. The lowest BCUT2D eigenvalue weighted by Gasteiger charge is -2.33. The van der Waals surface area contributed by atoms with Gasteiger partial charge in [0.25, 0.3) is 0 Å². The van der Waals surface area contributed by atoms with Crippen LogP contribution in [-0.4, -0.2) is 37.7 Å². The molecule has 0 aliphatic rings. The lowest BCUT2D eigenvalue weighted by atomic mass is 9.70. The normalized spacial score (nSPS) is 10.4. The van der Waals surface area contributed by atoms with Gasteiger partial charge in [-0.2, -0.15) is 0 Å². The average molecular weight is 979 g/mol. The van der Waals surface area contributed by atoms with Gasteiger partial charge in [-0.15, -0.1) is 59.2 Å². The number of ketones is 2. The molecule has 3 aromatic carbocycles. The quantitative estimate of drug-likeness (QED) is 0.160. The highest BCUT2D eigenvalue weighted by Gasteiger charge is 2.31. The molecule has 0 spiro atoms. The molecule has 0 aliphatic carbocycles. The number of allylic oxidation sites excluding steroid dienone is 3. The monoisotopic (exact) mass is 978 g/mol. The number of ether oxygens (including phenoxy) is 1. The largest absolute Gasteiger partial charge is 0.388 e. The summed E-state index contributed by atoms with van der Waals surface area (Å²) in [6.07, 6.45) is 3.08. The van der Waals surface area contributed by atoms with Gasteiger partial charge in [0.05, 0.1) is 0 Å². The van der Waals surface area contributed by atoms with E-state index < -0.39 is 0 Å². The summed E-state index contributed by atoms with van der Waals surface area (Å²) in [6.45, 7) is 80.1. The number of nitrogens with zero attached hydrogens (tertiary/aromatic N) is 1. The second kappa shape index (κ2) is 38.6. The maximum atomic E-state index is 11.5. The summed E-state index contributed by atoms with van der Waals surface area (Å²) in [7, 11) is 5.30. The van der Waals surface area contributed by atoms with Crippen molar-refractivity contribution in [3.8, 4) is 0 Å². The van der Waals surface area contributed by atoms with E-state index in [2.05, 4.69) is 242 Å². The van der Waals surface area contributed by atoms with Gasteiger partial charge in [-0.1, -0.05) is 189 Å². The van der Waals surface area contributed by atoms with Gasteiger partial charge in [0.2, 0.25) is 0 Å². The van der Waals surface area contributed by atoms with Crippen molar-refractivity contribution in [3.63, 3.8) is 0 Å². The Balaban J connectivity index is -0.000000199. The van der Waals surface area contributed by atoms with Crippen LogP contribution in [0, 0.1) is 24.7 Å². The fourth-order valence-corrected chi connectivity index (χ4v) is 8.16. The zero-order chi connectivity index (χ0) is 57.9. The van der Waals surface area contributed by atoms with Crippen molar-refractivity contribution in [3.05, 3.63) is 194 Å². The van der Waals surface area contributed by atoms with E-state index in [0.29, 0.717) is 12.8 Å². The Morgan fingerprint density at radius 2 is 0.901 bits per heavy atom. The van der Waals surface area contributed by atoms with Crippen LogP contribution < -0.4 is 0 Å². The number of carbonyl (C=O) groups is 2. The summed E-state index contributed by atoms with van der Waals surface area (Å²) in [6, 6.07) is 21.2. The van der Waals surface area contributed by atoms with Gasteiger partial charge in [0.1, 0.15) is 11.6 Å². The lowest BCUT2D eigenvalue weighted by Crippen LogP contribution is -2.27. The molecule has 3 aromatic rings. The van der Waals surface area contributed by atoms with E-state index in [0.717, 1.165) is 30.6 Å². The van der Waals surface area contributed by atoms with Crippen molar-refractivity contribution in [1.29, 1.82) is 0 Å². The van der Waals surface area contributed by atoms with Gasteiger partial charge in [0.15, 0.2) is 0 Å². The topological polar surface area (TPSA) is 46.6 Å². The van der Waals surface area contributed by atoms with Crippen molar-refractivity contribution in [2.75, 3.05) is 21.3 Å². The van der Waals surface area contributed by atoms with Crippen LogP contribution in [0.3, 0.4) is 0 Å². The lowest BCUT2D eigenvalue weighted by molar-refractivity contribution is -0.118. The Morgan fingerprint density at radius 1 is 0.521 bits per heavy atom. The second-order valence-electron chi connectivity index (χ2n) is 21.8. The summed E-state index contributed by atoms with van der Waals surface area (Å²) in [5.41, 5.74) is 14.5. The molecule has 0 atom stereocenters. The fourth-order valence-electron chi connectivity index (χ4n) is 8.16. The Hall–Kier alpha value is -5.06. The van der Waals surface area contributed by atoms with Crippen molar-refractivity contribution >= 4 is 11.6 Å². The van der Waals surface area contributed by atoms with Crippen LogP contribution in [0.15, 0.2) is 150 Å². The Labute approximate surface area is 442 Å². The zero-order valence-electron chi connectivity index (χ0n) is 50.8. The van der Waals surface area contributed by atoms with E-state index in [1.54, 1.807) is 28.1 Å². The van der Waals surface area contributed by atoms with Crippen LogP contribution in [0.25, 0.3) is 0 Å². The summed E-state index contributed by atoms with van der Waals surface area (Å²) < 4.78 is 4.25. The molecule has 3 rings (SSSR count). The van der Waals surface area contributed by atoms with Gasteiger partial charge in [-0.05, 0) is 114 Å². The van der Waals surface area contributed by atoms with E-state index in [9.17, 15) is 9.59 Å². The molecule has 0 N–H and O–H groups in total. The predicted octanol–water partition coefficient (Wildman–Crippen LogP) is 19.2.